The molecule has 33 heavy (non-hydrogen) atoms. The minimum absolute atomic E-state index is 0.196. The Morgan fingerprint density at radius 2 is 1.03 bits per heavy atom. The lowest BCUT2D eigenvalue weighted by Gasteiger charge is -2.54. The van der Waals surface area contributed by atoms with Crippen LogP contribution in [0, 0.1) is 13.8 Å². The normalized spacial score (nSPS) is 15.4. The maximum atomic E-state index is 15.4. The van der Waals surface area contributed by atoms with Crippen molar-refractivity contribution in [2.75, 3.05) is 6.61 Å². The predicted molar refractivity (Wildman–Crippen MR) is 132 cm³/mol. The number of hydrogen-bond donors (Lipinski definition) is 0. The molecule has 0 amide bonds. The van der Waals surface area contributed by atoms with E-state index >= 15 is 13.2 Å². The predicted octanol–water partition coefficient (Wildman–Crippen LogP) is 7.55. The van der Waals surface area contributed by atoms with E-state index in [2.05, 4.69) is 0 Å². The van der Waals surface area contributed by atoms with E-state index in [0.29, 0.717) is 11.1 Å². The molecule has 0 aliphatic rings. The van der Waals surface area contributed by atoms with Gasteiger partial charge in [-0.1, -0.05) is 59.7 Å². The number of ether oxygens (including phenoxy) is 1. The number of halogens is 3. The van der Waals surface area contributed by atoms with Crippen LogP contribution >= 0.6 is 0 Å². The largest absolute Gasteiger partial charge is 0.446 e. The highest BCUT2D eigenvalue weighted by atomic mass is 28.4. The van der Waals surface area contributed by atoms with E-state index in [1.165, 1.54) is 0 Å². The molecule has 2 rings (SSSR count). The van der Waals surface area contributed by atoms with E-state index in [4.69, 9.17) is 13.6 Å². The van der Waals surface area contributed by atoms with Gasteiger partial charge in [-0.25, -0.2) is 0 Å². The maximum Gasteiger partial charge on any atom is 0.446 e. The summed E-state index contributed by atoms with van der Waals surface area (Å²) in [5.74, 6) is -3.04. The van der Waals surface area contributed by atoms with Crippen molar-refractivity contribution in [2.45, 2.75) is 77.6 Å². The molecule has 1 atom stereocenters. The van der Waals surface area contributed by atoms with Crippen LogP contribution in [-0.2, 0) is 19.2 Å². The smallest absolute Gasteiger partial charge is 0.399 e. The Balaban J connectivity index is 3.14. The Kier molecular flexibility index (Phi) is 8.13. The van der Waals surface area contributed by atoms with Gasteiger partial charge in [0.05, 0.1) is 0 Å². The molecule has 0 aromatic heterocycles. The molecule has 0 N–H and O–H groups in total. The second kappa shape index (κ2) is 9.66. The van der Waals surface area contributed by atoms with E-state index < -0.39 is 34.2 Å². The fourth-order valence-electron chi connectivity index (χ4n) is 3.94. The number of rotatable bonds is 9. The highest BCUT2D eigenvalue weighted by Crippen LogP contribution is 2.55. The van der Waals surface area contributed by atoms with Crippen LogP contribution in [0.1, 0.15) is 29.2 Å². The second-order valence-electron chi connectivity index (χ2n) is 10.4. The molecule has 1 unspecified atom stereocenters. The highest BCUT2D eigenvalue weighted by Gasteiger charge is 2.73. The van der Waals surface area contributed by atoms with Crippen molar-refractivity contribution in [3.05, 3.63) is 70.8 Å². The quantitative estimate of drug-likeness (QED) is 0.264. The molecule has 0 spiro atoms. The first-order valence-electron chi connectivity index (χ1n) is 11.2. The van der Waals surface area contributed by atoms with Gasteiger partial charge in [0.2, 0.25) is 0 Å². The lowest BCUT2D eigenvalue weighted by Crippen LogP contribution is -2.70. The third-order valence-corrected chi connectivity index (χ3v) is 6.83. The summed E-state index contributed by atoms with van der Waals surface area (Å²) < 4.78 is 64.7. The lowest BCUT2D eigenvalue weighted by molar-refractivity contribution is -0.402. The van der Waals surface area contributed by atoms with Crippen LogP contribution in [0.3, 0.4) is 0 Å². The van der Waals surface area contributed by atoms with E-state index in [1.54, 1.807) is 75.1 Å². The summed E-state index contributed by atoms with van der Waals surface area (Å²) in [7, 11) is -5.44. The summed E-state index contributed by atoms with van der Waals surface area (Å²) >= 11 is 0. The lowest BCUT2D eigenvalue weighted by atomic mass is 9.78. The average molecular weight is 499 g/mol. The van der Waals surface area contributed by atoms with Crippen molar-refractivity contribution in [3.63, 3.8) is 0 Å². The van der Waals surface area contributed by atoms with Crippen molar-refractivity contribution in [1.29, 1.82) is 0 Å². The zero-order valence-electron chi connectivity index (χ0n) is 21.2. The van der Waals surface area contributed by atoms with Crippen LogP contribution in [-0.4, -0.2) is 35.2 Å². The van der Waals surface area contributed by atoms with E-state index in [-0.39, 0.29) is 6.61 Å². The molecule has 2 aromatic rings. The maximum absolute atomic E-state index is 15.4. The molecule has 0 saturated carbocycles. The van der Waals surface area contributed by atoms with E-state index in [0.717, 1.165) is 11.1 Å². The molecule has 8 heteroatoms. The van der Waals surface area contributed by atoms with Gasteiger partial charge in [0.15, 0.2) is 22.2 Å². The summed E-state index contributed by atoms with van der Waals surface area (Å²) in [6.07, 6.45) is -4.89. The summed E-state index contributed by atoms with van der Waals surface area (Å²) in [5, 5.41) is 0. The van der Waals surface area contributed by atoms with Crippen LogP contribution < -0.4 is 0 Å². The molecule has 0 fully saturated rings. The van der Waals surface area contributed by atoms with Gasteiger partial charge >= 0.3 is 6.18 Å². The molecule has 0 saturated heterocycles. The zero-order chi connectivity index (χ0) is 25.3. The van der Waals surface area contributed by atoms with Gasteiger partial charge in [-0.05, 0) is 71.2 Å². The molecule has 2 aromatic carbocycles. The minimum atomic E-state index is -4.89. The van der Waals surface area contributed by atoms with Crippen molar-refractivity contribution < 1.29 is 26.8 Å². The Bertz CT molecular complexity index is 869. The van der Waals surface area contributed by atoms with Gasteiger partial charge in [-0.2, -0.15) is 13.2 Å². The fraction of sp³-hybridized carbons (Fsp3) is 0.520. The van der Waals surface area contributed by atoms with Gasteiger partial charge in [0.25, 0.3) is 5.79 Å². The van der Waals surface area contributed by atoms with Crippen LogP contribution in [0.5, 0.6) is 0 Å². The molecule has 0 heterocycles. The number of hydrogen-bond acceptors (Lipinski definition) is 3. The van der Waals surface area contributed by atoms with Gasteiger partial charge in [-0.3, -0.25) is 0 Å². The van der Waals surface area contributed by atoms with Gasteiger partial charge in [0.1, 0.15) is 0 Å². The Morgan fingerprint density at radius 3 is 1.30 bits per heavy atom. The fourth-order valence-corrected chi connectivity index (χ4v) is 6.41. The zero-order valence-corrected chi connectivity index (χ0v) is 23.2. The monoisotopic (exact) mass is 498 g/mol. The first kappa shape index (κ1) is 27.8. The Labute approximate surface area is 198 Å². The molecule has 0 aliphatic carbocycles. The summed E-state index contributed by atoms with van der Waals surface area (Å²) in [4.78, 5) is 0. The van der Waals surface area contributed by atoms with Crippen molar-refractivity contribution in [1.82, 2.24) is 0 Å². The Hall–Kier alpha value is -1.46. The van der Waals surface area contributed by atoms with Crippen molar-refractivity contribution >= 4 is 16.6 Å². The van der Waals surface area contributed by atoms with Gasteiger partial charge in [-0.15, -0.1) is 0 Å². The molecule has 184 valence electrons. The van der Waals surface area contributed by atoms with Crippen LogP contribution in [0.15, 0.2) is 48.5 Å². The highest BCUT2D eigenvalue weighted by molar-refractivity contribution is 6.70. The van der Waals surface area contributed by atoms with Crippen molar-refractivity contribution in [3.8, 4) is 0 Å². The molecular formula is C25H37F3O3Si2. The van der Waals surface area contributed by atoms with Gasteiger partial charge in [0, 0.05) is 6.61 Å². The Morgan fingerprint density at radius 1 is 0.667 bits per heavy atom. The second-order valence-corrected chi connectivity index (χ2v) is 19.2. The summed E-state index contributed by atoms with van der Waals surface area (Å²) in [6.45, 7) is 16.0. The standard InChI is InChI=1S/C25H37F3O3Si2/c1-10-29-24(25(26,27)28,31-33(7,8)9)23(30-32(4,5)6,21-15-11-19(2)12-16-21)22-17-13-20(3)14-18-22/h11-18H,10H2,1-9H3. The van der Waals surface area contributed by atoms with Gasteiger partial charge < -0.3 is 13.6 Å². The molecule has 0 bridgehead atoms. The van der Waals surface area contributed by atoms with Crippen LogP contribution in [0.25, 0.3) is 0 Å². The molecular weight excluding hydrogens is 461 g/mol. The minimum Gasteiger partial charge on any atom is -0.399 e. The first-order valence-corrected chi connectivity index (χ1v) is 18.0. The molecule has 3 nitrogen and oxygen atoms in total. The number of alkyl halides is 3. The third kappa shape index (κ3) is 5.97. The summed E-state index contributed by atoms with van der Waals surface area (Å²) in [6, 6.07) is 14.0. The van der Waals surface area contributed by atoms with E-state index in [1.807, 2.05) is 33.5 Å². The topological polar surface area (TPSA) is 27.7 Å². The molecule has 0 aliphatic heterocycles. The SMILES string of the molecule is CCOC(O[Si](C)(C)C)(C(F)(F)F)C(O[Si](C)(C)C)(c1ccc(C)cc1)c1ccc(C)cc1. The van der Waals surface area contributed by atoms with Crippen molar-refractivity contribution in [2.24, 2.45) is 0 Å². The molecule has 0 radical (unpaired) electrons. The number of aryl methyl sites for hydroxylation is 2. The van der Waals surface area contributed by atoms with Crippen LogP contribution in [0.4, 0.5) is 13.2 Å². The third-order valence-electron chi connectivity index (χ3n) is 5.01. The summed E-state index contributed by atoms with van der Waals surface area (Å²) in [5.41, 5.74) is 0.508. The van der Waals surface area contributed by atoms with Crippen LogP contribution in [0.2, 0.25) is 39.3 Å². The van der Waals surface area contributed by atoms with E-state index in [9.17, 15) is 0 Å². The average Bonchev–Trinajstić information content (AvgIpc) is 2.64. The number of benzene rings is 2. The first-order chi connectivity index (χ1) is 15.0.